The van der Waals surface area contributed by atoms with Crippen molar-refractivity contribution in [2.45, 2.75) is 0 Å². The Kier molecular flexibility index (Phi) is 3.57. The fraction of sp³-hybridized carbons (Fsp3) is 0.0833. The van der Waals surface area contributed by atoms with Gasteiger partial charge in [0.25, 0.3) is 5.91 Å². The molecule has 6 heteroatoms. The van der Waals surface area contributed by atoms with Gasteiger partial charge in [-0.2, -0.15) is 0 Å². The lowest BCUT2D eigenvalue weighted by molar-refractivity contribution is 0.102. The monoisotopic (exact) mass is 309 g/mol. The lowest BCUT2D eigenvalue weighted by atomic mass is 10.3. The van der Waals surface area contributed by atoms with E-state index in [2.05, 4.69) is 26.2 Å². The van der Waals surface area contributed by atoms with E-state index in [0.29, 0.717) is 22.8 Å². The Morgan fingerprint density at radius 1 is 1.44 bits per heavy atom. The number of methoxy groups -OCH3 is 1. The van der Waals surface area contributed by atoms with Gasteiger partial charge in [-0.05, 0) is 34.1 Å². The van der Waals surface area contributed by atoms with Gasteiger partial charge in [-0.25, -0.2) is 0 Å². The van der Waals surface area contributed by atoms with Crippen LogP contribution in [0, 0.1) is 0 Å². The topological polar surface area (TPSA) is 80.1 Å². The number of rotatable bonds is 3. The normalized spacial score (nSPS) is 10.1. The molecule has 0 bridgehead atoms. The van der Waals surface area contributed by atoms with E-state index in [0.717, 1.165) is 4.47 Å². The average molecular weight is 310 g/mol. The first-order valence-electron chi connectivity index (χ1n) is 5.19. The van der Waals surface area contributed by atoms with Gasteiger partial charge in [0, 0.05) is 23.6 Å². The lowest BCUT2D eigenvalue weighted by Crippen LogP contribution is -2.12. The van der Waals surface area contributed by atoms with Crippen LogP contribution in [0.2, 0.25) is 0 Å². The molecule has 2 rings (SSSR count). The summed E-state index contributed by atoms with van der Waals surface area (Å²) in [5.74, 6) is 0.398. The number of amides is 1. The Morgan fingerprint density at radius 3 is 2.83 bits per heavy atom. The van der Waals surface area contributed by atoms with Crippen molar-refractivity contribution in [2.75, 3.05) is 18.2 Å². The summed E-state index contributed by atoms with van der Waals surface area (Å²) in [4.78, 5) is 14.6. The van der Waals surface area contributed by atoms with Crippen molar-refractivity contribution in [1.82, 2.24) is 4.98 Å². The summed E-state index contributed by atoms with van der Waals surface area (Å²) in [7, 11) is 1.57. The number of aromatic amines is 1. The molecule has 18 heavy (non-hydrogen) atoms. The van der Waals surface area contributed by atoms with Gasteiger partial charge < -0.3 is 20.8 Å². The Bertz CT molecular complexity index is 580. The van der Waals surface area contributed by atoms with Crippen molar-refractivity contribution in [3.8, 4) is 5.75 Å². The summed E-state index contributed by atoms with van der Waals surface area (Å²) in [6, 6.07) is 6.88. The van der Waals surface area contributed by atoms with Crippen LogP contribution < -0.4 is 15.8 Å². The van der Waals surface area contributed by atoms with Crippen LogP contribution in [0.5, 0.6) is 5.75 Å². The molecule has 5 nitrogen and oxygen atoms in total. The molecule has 94 valence electrons. The molecule has 0 radical (unpaired) electrons. The maximum absolute atomic E-state index is 11.9. The van der Waals surface area contributed by atoms with Crippen molar-refractivity contribution < 1.29 is 9.53 Å². The minimum Gasteiger partial charge on any atom is -0.495 e. The molecular weight excluding hydrogens is 298 g/mol. The van der Waals surface area contributed by atoms with Crippen LogP contribution in [-0.2, 0) is 0 Å². The number of benzene rings is 1. The molecule has 2 aromatic rings. The third-order valence-electron chi connectivity index (χ3n) is 2.36. The number of nitrogens with one attached hydrogen (secondary N) is 2. The molecule has 0 spiro atoms. The predicted octanol–water partition coefficient (Wildman–Crippen LogP) is 2.62. The quantitative estimate of drug-likeness (QED) is 0.815. The molecule has 1 amide bonds. The molecule has 0 aliphatic rings. The van der Waals surface area contributed by atoms with Crippen LogP contribution in [0.3, 0.4) is 0 Å². The first-order valence-corrected chi connectivity index (χ1v) is 5.98. The van der Waals surface area contributed by atoms with Crippen LogP contribution in [0.1, 0.15) is 10.5 Å². The van der Waals surface area contributed by atoms with Crippen LogP contribution >= 0.6 is 15.9 Å². The van der Waals surface area contributed by atoms with Gasteiger partial charge in [-0.3, -0.25) is 4.79 Å². The van der Waals surface area contributed by atoms with E-state index in [9.17, 15) is 4.79 Å². The van der Waals surface area contributed by atoms with Gasteiger partial charge in [0.1, 0.15) is 11.4 Å². The summed E-state index contributed by atoms with van der Waals surface area (Å²) in [6.07, 6.45) is 1.57. The first-order chi connectivity index (χ1) is 8.60. The summed E-state index contributed by atoms with van der Waals surface area (Å²) in [5.41, 5.74) is 7.12. The van der Waals surface area contributed by atoms with E-state index in [4.69, 9.17) is 10.5 Å². The molecular formula is C12H12BrN3O2. The summed E-state index contributed by atoms with van der Waals surface area (Å²) >= 11 is 3.34. The Balaban J connectivity index is 2.16. The number of hydrogen-bond donors (Lipinski definition) is 3. The van der Waals surface area contributed by atoms with Crippen molar-refractivity contribution in [1.29, 1.82) is 0 Å². The van der Waals surface area contributed by atoms with Gasteiger partial charge >= 0.3 is 0 Å². The molecule has 4 N–H and O–H groups in total. The van der Waals surface area contributed by atoms with Crippen molar-refractivity contribution in [2.24, 2.45) is 0 Å². The van der Waals surface area contributed by atoms with Gasteiger partial charge in [0.2, 0.25) is 0 Å². The minimum absolute atomic E-state index is 0.254. The number of aromatic nitrogens is 1. The van der Waals surface area contributed by atoms with Crippen molar-refractivity contribution in [3.63, 3.8) is 0 Å². The number of H-pyrrole nitrogens is 1. The van der Waals surface area contributed by atoms with E-state index in [1.165, 1.54) is 0 Å². The van der Waals surface area contributed by atoms with E-state index in [1.54, 1.807) is 37.6 Å². The SMILES string of the molecule is COc1cc(NC(=O)c2cc(N)c[nH]2)ccc1Br. The number of nitrogen functional groups attached to an aromatic ring is 1. The second kappa shape index (κ2) is 5.14. The maximum atomic E-state index is 11.9. The zero-order valence-electron chi connectivity index (χ0n) is 9.66. The number of carbonyl (C=O) groups is 1. The number of anilines is 2. The standard InChI is InChI=1S/C12H12BrN3O2/c1-18-11-5-8(2-3-9(11)13)16-12(17)10-4-7(14)6-15-10/h2-6,15H,14H2,1H3,(H,16,17). The summed E-state index contributed by atoms with van der Waals surface area (Å²) in [5, 5.41) is 2.75. The largest absolute Gasteiger partial charge is 0.495 e. The maximum Gasteiger partial charge on any atom is 0.272 e. The molecule has 0 saturated carbocycles. The number of hydrogen-bond acceptors (Lipinski definition) is 3. The highest BCUT2D eigenvalue weighted by Crippen LogP contribution is 2.28. The zero-order valence-corrected chi connectivity index (χ0v) is 11.2. The van der Waals surface area contributed by atoms with Crippen LogP contribution in [0.15, 0.2) is 34.9 Å². The Hall–Kier alpha value is -1.95. The predicted molar refractivity (Wildman–Crippen MR) is 73.9 cm³/mol. The van der Waals surface area contributed by atoms with Crippen LogP contribution in [0.4, 0.5) is 11.4 Å². The fourth-order valence-electron chi connectivity index (χ4n) is 1.48. The molecule has 0 fully saturated rings. The number of ether oxygens (including phenoxy) is 1. The second-order valence-electron chi connectivity index (χ2n) is 3.65. The molecule has 0 saturated heterocycles. The Morgan fingerprint density at radius 2 is 2.22 bits per heavy atom. The molecule has 1 aromatic heterocycles. The molecule has 0 unspecified atom stereocenters. The van der Waals surface area contributed by atoms with Crippen molar-refractivity contribution >= 4 is 33.2 Å². The third kappa shape index (κ3) is 2.65. The zero-order chi connectivity index (χ0) is 13.1. The highest BCUT2D eigenvalue weighted by atomic mass is 79.9. The Labute approximate surface area is 112 Å². The van der Waals surface area contributed by atoms with E-state index in [-0.39, 0.29) is 5.91 Å². The van der Waals surface area contributed by atoms with E-state index in [1.807, 2.05) is 0 Å². The van der Waals surface area contributed by atoms with Gasteiger partial charge in [0.15, 0.2) is 0 Å². The number of halogens is 1. The third-order valence-corrected chi connectivity index (χ3v) is 3.01. The fourth-order valence-corrected chi connectivity index (χ4v) is 1.89. The lowest BCUT2D eigenvalue weighted by Gasteiger charge is -2.07. The second-order valence-corrected chi connectivity index (χ2v) is 4.50. The van der Waals surface area contributed by atoms with Gasteiger partial charge in [0.05, 0.1) is 11.6 Å². The molecule has 0 atom stereocenters. The smallest absolute Gasteiger partial charge is 0.272 e. The summed E-state index contributed by atoms with van der Waals surface area (Å²) in [6.45, 7) is 0. The highest BCUT2D eigenvalue weighted by molar-refractivity contribution is 9.10. The summed E-state index contributed by atoms with van der Waals surface area (Å²) < 4.78 is 5.98. The van der Waals surface area contributed by atoms with Gasteiger partial charge in [-0.1, -0.05) is 0 Å². The molecule has 1 aromatic carbocycles. The first kappa shape index (κ1) is 12.5. The molecule has 0 aliphatic carbocycles. The highest BCUT2D eigenvalue weighted by Gasteiger charge is 2.09. The van der Waals surface area contributed by atoms with E-state index >= 15 is 0 Å². The average Bonchev–Trinajstić information content (AvgIpc) is 2.78. The molecule has 1 heterocycles. The minimum atomic E-state index is -0.254. The van der Waals surface area contributed by atoms with Crippen LogP contribution in [0.25, 0.3) is 0 Å². The van der Waals surface area contributed by atoms with Gasteiger partial charge in [-0.15, -0.1) is 0 Å². The van der Waals surface area contributed by atoms with E-state index < -0.39 is 0 Å². The van der Waals surface area contributed by atoms with Crippen LogP contribution in [-0.4, -0.2) is 18.0 Å². The number of nitrogens with two attached hydrogens (primary N) is 1. The number of carbonyl (C=O) groups excluding carboxylic acids is 1. The van der Waals surface area contributed by atoms with Crippen molar-refractivity contribution in [3.05, 3.63) is 40.6 Å². The molecule has 0 aliphatic heterocycles.